The van der Waals surface area contributed by atoms with Crippen molar-refractivity contribution in [2.45, 2.75) is 32.1 Å². The summed E-state index contributed by atoms with van der Waals surface area (Å²) in [5, 5.41) is 8.98. The van der Waals surface area contributed by atoms with Gasteiger partial charge in [0.05, 0.1) is 12.3 Å². The van der Waals surface area contributed by atoms with Crippen LogP contribution in [0.1, 0.15) is 36.0 Å². The highest BCUT2D eigenvalue weighted by molar-refractivity contribution is 5.20. The van der Waals surface area contributed by atoms with Gasteiger partial charge in [0.2, 0.25) is 0 Å². The van der Waals surface area contributed by atoms with Crippen LogP contribution in [0, 0.1) is 6.92 Å². The van der Waals surface area contributed by atoms with Gasteiger partial charge in [-0.05, 0) is 19.8 Å². The van der Waals surface area contributed by atoms with Crippen molar-refractivity contribution >= 4 is 0 Å². The average molecular weight is 224 g/mol. The highest BCUT2D eigenvalue weighted by atomic mass is 16.5. The Labute approximate surface area is 96.3 Å². The molecule has 1 saturated heterocycles. The molecular weight excluding hydrogens is 204 g/mol. The summed E-state index contributed by atoms with van der Waals surface area (Å²) in [5.41, 5.74) is 2.43. The van der Waals surface area contributed by atoms with Crippen molar-refractivity contribution in [3.63, 3.8) is 0 Å². The minimum absolute atomic E-state index is 0.164. The molecule has 16 heavy (non-hydrogen) atoms. The molecule has 1 aromatic heterocycles. The van der Waals surface area contributed by atoms with E-state index < -0.39 is 0 Å². The first-order valence-corrected chi connectivity index (χ1v) is 5.94. The SMILES string of the molecule is Cc1nc(CCO)n(C)c1C1CCOCC1. The third-order valence-electron chi connectivity index (χ3n) is 3.36. The van der Waals surface area contributed by atoms with Crippen molar-refractivity contribution in [2.75, 3.05) is 19.8 Å². The number of nitrogens with zero attached hydrogens (tertiary/aromatic N) is 2. The molecular formula is C12H20N2O2. The molecule has 4 heteroatoms. The van der Waals surface area contributed by atoms with Gasteiger partial charge in [0.15, 0.2) is 0 Å². The normalized spacial score (nSPS) is 17.9. The smallest absolute Gasteiger partial charge is 0.111 e. The predicted octanol–water partition coefficient (Wildman–Crippen LogP) is 1.16. The number of aryl methyl sites for hydroxylation is 1. The molecule has 0 atom stereocenters. The van der Waals surface area contributed by atoms with Crippen LogP contribution >= 0.6 is 0 Å². The van der Waals surface area contributed by atoms with Crippen LogP contribution in [0.3, 0.4) is 0 Å². The van der Waals surface area contributed by atoms with Crippen molar-refractivity contribution in [3.05, 3.63) is 17.2 Å². The van der Waals surface area contributed by atoms with Gasteiger partial charge in [0.1, 0.15) is 5.82 Å². The van der Waals surface area contributed by atoms with Crippen molar-refractivity contribution < 1.29 is 9.84 Å². The van der Waals surface area contributed by atoms with Crippen LogP contribution in [-0.4, -0.2) is 34.5 Å². The van der Waals surface area contributed by atoms with Gasteiger partial charge in [-0.1, -0.05) is 0 Å². The molecule has 1 aromatic rings. The van der Waals surface area contributed by atoms with Crippen molar-refractivity contribution in [1.82, 2.24) is 9.55 Å². The number of ether oxygens (including phenoxy) is 1. The second-order valence-electron chi connectivity index (χ2n) is 4.42. The summed E-state index contributed by atoms with van der Waals surface area (Å²) < 4.78 is 7.54. The molecule has 2 rings (SSSR count). The van der Waals surface area contributed by atoms with Crippen LogP contribution in [0.5, 0.6) is 0 Å². The van der Waals surface area contributed by atoms with E-state index in [0.29, 0.717) is 12.3 Å². The van der Waals surface area contributed by atoms with Crippen LogP contribution in [0.2, 0.25) is 0 Å². The molecule has 1 aliphatic rings. The maximum Gasteiger partial charge on any atom is 0.111 e. The number of rotatable bonds is 3. The van der Waals surface area contributed by atoms with E-state index in [4.69, 9.17) is 9.84 Å². The third kappa shape index (κ3) is 2.13. The van der Waals surface area contributed by atoms with Gasteiger partial charge in [-0.15, -0.1) is 0 Å². The Balaban J connectivity index is 2.24. The number of hydrogen-bond acceptors (Lipinski definition) is 3. The maximum atomic E-state index is 8.98. The molecule has 1 aliphatic heterocycles. The zero-order valence-corrected chi connectivity index (χ0v) is 10.1. The summed E-state index contributed by atoms with van der Waals surface area (Å²) in [4.78, 5) is 4.54. The molecule has 0 aromatic carbocycles. The molecule has 1 N–H and O–H groups in total. The number of aromatic nitrogens is 2. The lowest BCUT2D eigenvalue weighted by molar-refractivity contribution is 0.0837. The minimum Gasteiger partial charge on any atom is -0.396 e. The summed E-state index contributed by atoms with van der Waals surface area (Å²) in [6, 6.07) is 0. The van der Waals surface area contributed by atoms with Crippen LogP contribution < -0.4 is 0 Å². The van der Waals surface area contributed by atoms with E-state index in [9.17, 15) is 0 Å². The first-order chi connectivity index (χ1) is 7.74. The van der Waals surface area contributed by atoms with E-state index in [1.165, 1.54) is 5.69 Å². The number of imidazole rings is 1. The highest BCUT2D eigenvalue weighted by Crippen LogP contribution is 2.29. The van der Waals surface area contributed by atoms with Gasteiger partial charge in [-0.25, -0.2) is 4.98 Å². The Morgan fingerprint density at radius 3 is 2.75 bits per heavy atom. The zero-order valence-electron chi connectivity index (χ0n) is 10.1. The fourth-order valence-electron chi connectivity index (χ4n) is 2.57. The molecule has 0 bridgehead atoms. The van der Waals surface area contributed by atoms with Crippen molar-refractivity contribution in [3.8, 4) is 0 Å². The van der Waals surface area contributed by atoms with E-state index >= 15 is 0 Å². The molecule has 0 saturated carbocycles. The maximum absolute atomic E-state index is 8.98. The largest absolute Gasteiger partial charge is 0.396 e. The first kappa shape index (κ1) is 11.6. The molecule has 0 radical (unpaired) electrons. The second kappa shape index (κ2) is 4.97. The topological polar surface area (TPSA) is 47.3 Å². The summed E-state index contributed by atoms with van der Waals surface area (Å²) in [6.07, 6.45) is 2.80. The van der Waals surface area contributed by atoms with Gasteiger partial charge in [-0.3, -0.25) is 0 Å². The lowest BCUT2D eigenvalue weighted by Gasteiger charge is -2.23. The first-order valence-electron chi connectivity index (χ1n) is 5.94. The zero-order chi connectivity index (χ0) is 11.5. The minimum atomic E-state index is 0.164. The summed E-state index contributed by atoms with van der Waals surface area (Å²) >= 11 is 0. The van der Waals surface area contributed by atoms with Crippen molar-refractivity contribution in [1.29, 1.82) is 0 Å². The predicted molar refractivity (Wildman–Crippen MR) is 61.5 cm³/mol. The van der Waals surface area contributed by atoms with Gasteiger partial charge in [-0.2, -0.15) is 0 Å². The number of hydrogen-bond donors (Lipinski definition) is 1. The Morgan fingerprint density at radius 2 is 2.12 bits per heavy atom. The highest BCUT2D eigenvalue weighted by Gasteiger charge is 2.22. The van der Waals surface area contributed by atoms with Crippen LogP contribution in [-0.2, 0) is 18.2 Å². The number of aliphatic hydroxyl groups excluding tert-OH is 1. The van der Waals surface area contributed by atoms with E-state index in [2.05, 4.69) is 23.5 Å². The van der Waals surface area contributed by atoms with Gasteiger partial charge in [0, 0.05) is 38.3 Å². The van der Waals surface area contributed by atoms with Crippen LogP contribution in [0.25, 0.3) is 0 Å². The molecule has 2 heterocycles. The molecule has 0 amide bonds. The molecule has 90 valence electrons. The third-order valence-corrected chi connectivity index (χ3v) is 3.36. The Bertz CT molecular complexity index is 354. The lowest BCUT2D eigenvalue weighted by atomic mass is 9.95. The summed E-state index contributed by atoms with van der Waals surface area (Å²) in [7, 11) is 2.05. The molecule has 0 aliphatic carbocycles. The van der Waals surface area contributed by atoms with Gasteiger partial charge < -0.3 is 14.4 Å². The Hall–Kier alpha value is -0.870. The van der Waals surface area contributed by atoms with Crippen LogP contribution in [0.4, 0.5) is 0 Å². The fourth-order valence-corrected chi connectivity index (χ4v) is 2.57. The molecule has 0 unspecified atom stereocenters. The Morgan fingerprint density at radius 1 is 1.44 bits per heavy atom. The van der Waals surface area contributed by atoms with E-state index in [1.54, 1.807) is 0 Å². The van der Waals surface area contributed by atoms with Crippen molar-refractivity contribution in [2.24, 2.45) is 7.05 Å². The number of aliphatic hydroxyl groups is 1. The monoisotopic (exact) mass is 224 g/mol. The van der Waals surface area contributed by atoms with E-state index in [1.807, 2.05) is 0 Å². The van der Waals surface area contributed by atoms with Crippen LogP contribution in [0.15, 0.2) is 0 Å². The quantitative estimate of drug-likeness (QED) is 0.838. The lowest BCUT2D eigenvalue weighted by Crippen LogP contribution is -2.17. The second-order valence-corrected chi connectivity index (χ2v) is 4.42. The average Bonchev–Trinajstić information content (AvgIpc) is 2.56. The summed E-state index contributed by atoms with van der Waals surface area (Å²) in [6.45, 7) is 3.93. The van der Waals surface area contributed by atoms with Gasteiger partial charge in [0.25, 0.3) is 0 Å². The van der Waals surface area contributed by atoms with Gasteiger partial charge >= 0.3 is 0 Å². The molecule has 1 fully saturated rings. The fraction of sp³-hybridized carbons (Fsp3) is 0.750. The van der Waals surface area contributed by atoms with E-state index in [-0.39, 0.29) is 6.61 Å². The molecule has 4 nitrogen and oxygen atoms in total. The molecule has 0 spiro atoms. The standard InChI is InChI=1S/C12H20N2O2/c1-9-12(10-4-7-16-8-5-10)14(2)11(13-9)3-6-15/h10,15H,3-8H2,1-2H3. The van der Waals surface area contributed by atoms with E-state index in [0.717, 1.165) is 37.6 Å². The Kier molecular flexibility index (Phi) is 3.61. The summed E-state index contributed by atoms with van der Waals surface area (Å²) in [5.74, 6) is 1.56.